The molecule has 0 aromatic carbocycles. The van der Waals surface area contributed by atoms with Crippen molar-refractivity contribution in [1.29, 1.82) is 0 Å². The van der Waals surface area contributed by atoms with Gasteiger partial charge < -0.3 is 15.5 Å². The van der Waals surface area contributed by atoms with Gasteiger partial charge in [-0.3, -0.25) is 4.99 Å². The number of likely N-dealkylation sites (tertiary alicyclic amines) is 1. The topological polar surface area (TPSA) is 39.7 Å². The average Bonchev–Trinajstić information content (AvgIpc) is 2.74. The standard InChI is InChI=1S/C13H26N4/c1-2-14-13(16-12-6-3-4-7-12)15-8-11-17-9-5-10-17/h12H,2-11H2,1H3,(H2,14,15,16). The Bertz CT molecular complexity index is 242. The second kappa shape index (κ2) is 6.84. The number of hydrogen-bond donors (Lipinski definition) is 2. The first-order chi connectivity index (χ1) is 8.38. The van der Waals surface area contributed by atoms with Gasteiger partial charge in [0, 0.05) is 19.1 Å². The van der Waals surface area contributed by atoms with Gasteiger partial charge in [-0.2, -0.15) is 0 Å². The molecule has 0 unspecified atom stereocenters. The molecule has 0 radical (unpaired) electrons. The lowest BCUT2D eigenvalue weighted by atomic mass is 10.2. The van der Waals surface area contributed by atoms with Crippen LogP contribution in [0.15, 0.2) is 4.99 Å². The van der Waals surface area contributed by atoms with Crippen molar-refractivity contribution in [2.75, 3.05) is 32.7 Å². The maximum Gasteiger partial charge on any atom is 0.191 e. The number of aliphatic imine (C=N–C) groups is 1. The zero-order valence-electron chi connectivity index (χ0n) is 11.0. The minimum atomic E-state index is 0.650. The van der Waals surface area contributed by atoms with Gasteiger partial charge in [0.1, 0.15) is 0 Å². The van der Waals surface area contributed by atoms with Gasteiger partial charge >= 0.3 is 0 Å². The fourth-order valence-corrected chi connectivity index (χ4v) is 2.49. The third kappa shape index (κ3) is 4.19. The first kappa shape index (κ1) is 12.7. The summed E-state index contributed by atoms with van der Waals surface area (Å²) in [6, 6.07) is 0.650. The number of guanidine groups is 1. The van der Waals surface area contributed by atoms with E-state index in [9.17, 15) is 0 Å². The second-order valence-electron chi connectivity index (χ2n) is 5.08. The number of nitrogens with one attached hydrogen (secondary N) is 2. The molecular formula is C13H26N4. The summed E-state index contributed by atoms with van der Waals surface area (Å²) >= 11 is 0. The zero-order valence-corrected chi connectivity index (χ0v) is 11.0. The first-order valence-electron chi connectivity index (χ1n) is 7.15. The molecule has 4 nitrogen and oxygen atoms in total. The molecule has 2 N–H and O–H groups in total. The van der Waals surface area contributed by atoms with E-state index in [2.05, 4.69) is 27.4 Å². The average molecular weight is 238 g/mol. The minimum Gasteiger partial charge on any atom is -0.357 e. The lowest BCUT2D eigenvalue weighted by molar-refractivity contribution is 0.187. The van der Waals surface area contributed by atoms with Crippen LogP contribution in [-0.2, 0) is 0 Å². The van der Waals surface area contributed by atoms with Gasteiger partial charge in [-0.05, 0) is 39.3 Å². The largest absolute Gasteiger partial charge is 0.357 e. The van der Waals surface area contributed by atoms with Crippen LogP contribution in [0.4, 0.5) is 0 Å². The van der Waals surface area contributed by atoms with Crippen LogP contribution in [0.5, 0.6) is 0 Å². The molecule has 0 aromatic heterocycles. The number of nitrogens with zero attached hydrogens (tertiary/aromatic N) is 2. The highest BCUT2D eigenvalue weighted by Gasteiger charge is 2.16. The molecule has 0 amide bonds. The Kier molecular flexibility index (Phi) is 5.10. The van der Waals surface area contributed by atoms with Gasteiger partial charge in [-0.15, -0.1) is 0 Å². The summed E-state index contributed by atoms with van der Waals surface area (Å²) in [5.41, 5.74) is 0. The molecule has 17 heavy (non-hydrogen) atoms. The smallest absolute Gasteiger partial charge is 0.191 e. The molecule has 1 saturated carbocycles. The van der Waals surface area contributed by atoms with E-state index >= 15 is 0 Å². The predicted molar refractivity (Wildman–Crippen MR) is 72.4 cm³/mol. The van der Waals surface area contributed by atoms with Gasteiger partial charge in [-0.1, -0.05) is 12.8 Å². The van der Waals surface area contributed by atoms with Crippen LogP contribution in [0.1, 0.15) is 39.0 Å². The summed E-state index contributed by atoms with van der Waals surface area (Å²) in [5.74, 6) is 1.01. The molecular weight excluding hydrogens is 212 g/mol. The Balaban J connectivity index is 1.71. The molecule has 2 fully saturated rings. The van der Waals surface area contributed by atoms with Gasteiger partial charge in [0.2, 0.25) is 0 Å². The number of hydrogen-bond acceptors (Lipinski definition) is 2. The lowest BCUT2D eigenvalue weighted by Gasteiger charge is -2.30. The van der Waals surface area contributed by atoms with Gasteiger partial charge in [-0.25, -0.2) is 0 Å². The third-order valence-corrected chi connectivity index (χ3v) is 3.68. The summed E-state index contributed by atoms with van der Waals surface area (Å²) < 4.78 is 0. The summed E-state index contributed by atoms with van der Waals surface area (Å²) in [7, 11) is 0. The normalized spacial score (nSPS) is 22.5. The van der Waals surface area contributed by atoms with Gasteiger partial charge in [0.15, 0.2) is 5.96 Å². The molecule has 4 heteroatoms. The third-order valence-electron chi connectivity index (χ3n) is 3.68. The summed E-state index contributed by atoms with van der Waals surface area (Å²) in [5, 5.41) is 6.89. The Labute approximate surface area is 105 Å². The van der Waals surface area contributed by atoms with Crippen molar-refractivity contribution >= 4 is 5.96 Å². The van der Waals surface area contributed by atoms with Crippen LogP contribution in [-0.4, -0.2) is 49.6 Å². The van der Waals surface area contributed by atoms with E-state index in [0.29, 0.717) is 6.04 Å². The van der Waals surface area contributed by atoms with Crippen LogP contribution < -0.4 is 10.6 Å². The molecule has 1 saturated heterocycles. The molecule has 0 bridgehead atoms. The van der Waals surface area contributed by atoms with E-state index in [0.717, 1.165) is 25.6 Å². The Hall–Kier alpha value is -0.770. The summed E-state index contributed by atoms with van der Waals surface area (Å²) in [6.07, 6.45) is 6.70. The molecule has 1 aliphatic carbocycles. The molecule has 0 atom stereocenters. The highest BCUT2D eigenvalue weighted by Crippen LogP contribution is 2.17. The SMILES string of the molecule is CCNC(=NCCN1CCC1)NC1CCCC1. The van der Waals surface area contributed by atoms with Crippen molar-refractivity contribution in [2.45, 2.75) is 45.1 Å². The van der Waals surface area contributed by atoms with Crippen LogP contribution in [0.2, 0.25) is 0 Å². The fourth-order valence-electron chi connectivity index (χ4n) is 2.49. The molecule has 0 spiro atoms. The van der Waals surface area contributed by atoms with E-state index in [4.69, 9.17) is 0 Å². The monoisotopic (exact) mass is 238 g/mol. The fraction of sp³-hybridized carbons (Fsp3) is 0.923. The van der Waals surface area contributed by atoms with Crippen LogP contribution >= 0.6 is 0 Å². The molecule has 98 valence electrons. The molecule has 1 heterocycles. The van der Waals surface area contributed by atoms with Crippen molar-refractivity contribution in [3.05, 3.63) is 0 Å². The molecule has 2 rings (SSSR count). The molecule has 2 aliphatic rings. The van der Waals surface area contributed by atoms with E-state index in [1.807, 2.05) is 0 Å². The van der Waals surface area contributed by atoms with Crippen molar-refractivity contribution in [2.24, 2.45) is 4.99 Å². The van der Waals surface area contributed by atoms with E-state index in [1.54, 1.807) is 0 Å². The zero-order chi connectivity index (χ0) is 11.9. The molecule has 1 aliphatic heterocycles. The van der Waals surface area contributed by atoms with Crippen molar-refractivity contribution < 1.29 is 0 Å². The Morgan fingerprint density at radius 2 is 2.00 bits per heavy atom. The summed E-state index contributed by atoms with van der Waals surface area (Å²) in [6.45, 7) is 7.64. The van der Waals surface area contributed by atoms with Crippen molar-refractivity contribution in [3.63, 3.8) is 0 Å². The number of rotatable bonds is 5. The predicted octanol–water partition coefficient (Wildman–Crippen LogP) is 1.19. The maximum atomic E-state index is 4.65. The van der Waals surface area contributed by atoms with E-state index in [-0.39, 0.29) is 0 Å². The van der Waals surface area contributed by atoms with Crippen molar-refractivity contribution in [1.82, 2.24) is 15.5 Å². The first-order valence-corrected chi connectivity index (χ1v) is 7.15. The molecule has 0 aromatic rings. The maximum absolute atomic E-state index is 4.65. The van der Waals surface area contributed by atoms with Crippen LogP contribution in [0.3, 0.4) is 0 Å². The van der Waals surface area contributed by atoms with E-state index in [1.165, 1.54) is 45.2 Å². The Morgan fingerprint density at radius 3 is 2.59 bits per heavy atom. The van der Waals surface area contributed by atoms with Gasteiger partial charge in [0.05, 0.1) is 6.54 Å². The highest BCUT2D eigenvalue weighted by atomic mass is 15.2. The van der Waals surface area contributed by atoms with Crippen LogP contribution in [0.25, 0.3) is 0 Å². The quantitative estimate of drug-likeness (QED) is 0.558. The Morgan fingerprint density at radius 1 is 1.24 bits per heavy atom. The minimum absolute atomic E-state index is 0.650. The van der Waals surface area contributed by atoms with E-state index < -0.39 is 0 Å². The van der Waals surface area contributed by atoms with Gasteiger partial charge in [0.25, 0.3) is 0 Å². The van der Waals surface area contributed by atoms with Crippen molar-refractivity contribution in [3.8, 4) is 0 Å². The van der Waals surface area contributed by atoms with Crippen LogP contribution in [0, 0.1) is 0 Å². The second-order valence-corrected chi connectivity index (χ2v) is 5.08. The lowest BCUT2D eigenvalue weighted by Crippen LogP contribution is -2.43. The summed E-state index contributed by atoms with van der Waals surface area (Å²) in [4.78, 5) is 7.11. The highest BCUT2D eigenvalue weighted by molar-refractivity contribution is 5.80.